The molecule has 1 aliphatic carbocycles. The average molecular weight is 513 g/mol. The average Bonchev–Trinajstić information content (AvgIpc) is 3.67. The van der Waals surface area contributed by atoms with E-state index in [1.807, 2.05) is 23.5 Å². The number of hydrogen-bond donors (Lipinski definition) is 2. The van der Waals surface area contributed by atoms with E-state index in [1.54, 1.807) is 4.68 Å². The van der Waals surface area contributed by atoms with Crippen molar-refractivity contribution in [3.63, 3.8) is 0 Å². The van der Waals surface area contributed by atoms with Crippen molar-refractivity contribution in [2.24, 2.45) is 0 Å². The van der Waals surface area contributed by atoms with Crippen LogP contribution in [0.1, 0.15) is 36.4 Å². The van der Waals surface area contributed by atoms with Crippen LogP contribution in [0.25, 0.3) is 11.1 Å². The van der Waals surface area contributed by atoms with Gasteiger partial charge in [-0.15, -0.1) is 5.10 Å². The Labute approximate surface area is 221 Å². The summed E-state index contributed by atoms with van der Waals surface area (Å²) in [6.45, 7) is 7.07. The Balaban J connectivity index is 1.18. The molecule has 6 rings (SSSR count). The number of amides is 1. The predicted molar refractivity (Wildman–Crippen MR) is 144 cm³/mol. The van der Waals surface area contributed by atoms with Crippen molar-refractivity contribution < 1.29 is 4.79 Å². The smallest absolute Gasteiger partial charge is 0.244 e. The van der Waals surface area contributed by atoms with Gasteiger partial charge in [0.2, 0.25) is 11.9 Å². The molecule has 11 nitrogen and oxygen atoms in total. The molecule has 4 aromatic rings. The summed E-state index contributed by atoms with van der Waals surface area (Å²) in [4.78, 5) is 26.4. The van der Waals surface area contributed by atoms with E-state index in [0.717, 1.165) is 60.7 Å². The van der Waals surface area contributed by atoms with Crippen LogP contribution in [0.4, 0.5) is 11.8 Å². The Morgan fingerprint density at radius 1 is 1.13 bits per heavy atom. The fraction of sp³-hybridized carbons (Fsp3) is 0.407. The molecule has 1 amide bonds. The number of nitrogens with one attached hydrogen (secondary N) is 2. The molecule has 0 atom stereocenters. The maximum Gasteiger partial charge on any atom is 0.244 e. The molecular formula is C27H32N10O. The van der Waals surface area contributed by atoms with Crippen LogP contribution in [-0.4, -0.2) is 71.6 Å². The fourth-order valence-corrected chi connectivity index (χ4v) is 5.39. The number of anilines is 2. The van der Waals surface area contributed by atoms with Gasteiger partial charge in [0.15, 0.2) is 5.82 Å². The van der Waals surface area contributed by atoms with E-state index in [4.69, 9.17) is 5.10 Å². The summed E-state index contributed by atoms with van der Waals surface area (Å²) in [5.74, 6) is 1.46. The Morgan fingerprint density at radius 2 is 1.87 bits per heavy atom. The van der Waals surface area contributed by atoms with Gasteiger partial charge in [-0.25, -0.2) is 9.97 Å². The number of H-pyrrole nitrogens is 1. The quantitative estimate of drug-likeness (QED) is 0.369. The number of benzene rings is 1. The van der Waals surface area contributed by atoms with E-state index in [0.29, 0.717) is 25.1 Å². The van der Waals surface area contributed by atoms with E-state index < -0.39 is 0 Å². The minimum Gasteiger partial charge on any atom is -0.355 e. The SMILES string of the molecule is CCN(CC)c1nn(CC(=O)N2CCc3[nH]nnc3C2)cc1-c1cnc(NC2Cc3ccccc3C2)nc1. The zero-order valence-electron chi connectivity index (χ0n) is 21.8. The molecule has 0 spiro atoms. The first-order valence-electron chi connectivity index (χ1n) is 13.3. The maximum absolute atomic E-state index is 13.1. The van der Waals surface area contributed by atoms with Crippen molar-refractivity contribution >= 4 is 17.7 Å². The molecule has 3 aromatic heterocycles. The lowest BCUT2D eigenvalue weighted by Gasteiger charge is -2.25. The predicted octanol–water partition coefficient (Wildman–Crippen LogP) is 2.47. The third-order valence-electron chi connectivity index (χ3n) is 7.48. The molecule has 38 heavy (non-hydrogen) atoms. The highest BCUT2D eigenvalue weighted by Crippen LogP contribution is 2.30. The van der Waals surface area contributed by atoms with E-state index in [9.17, 15) is 4.79 Å². The van der Waals surface area contributed by atoms with Crippen molar-refractivity contribution in [3.05, 3.63) is 65.4 Å². The van der Waals surface area contributed by atoms with Gasteiger partial charge in [-0.1, -0.05) is 29.5 Å². The highest BCUT2D eigenvalue weighted by Gasteiger charge is 2.25. The number of nitrogens with zero attached hydrogens (tertiary/aromatic N) is 8. The number of rotatable bonds is 8. The number of carbonyl (C=O) groups is 1. The molecule has 4 heterocycles. The van der Waals surface area contributed by atoms with Crippen LogP contribution < -0.4 is 10.2 Å². The molecule has 2 aliphatic rings. The highest BCUT2D eigenvalue weighted by atomic mass is 16.2. The second kappa shape index (κ2) is 10.2. The summed E-state index contributed by atoms with van der Waals surface area (Å²) >= 11 is 0. The third kappa shape index (κ3) is 4.71. The summed E-state index contributed by atoms with van der Waals surface area (Å²) in [5, 5.41) is 19.2. The van der Waals surface area contributed by atoms with Crippen LogP contribution in [0.5, 0.6) is 0 Å². The summed E-state index contributed by atoms with van der Waals surface area (Å²) in [7, 11) is 0. The van der Waals surface area contributed by atoms with Crippen molar-refractivity contribution in [1.29, 1.82) is 0 Å². The van der Waals surface area contributed by atoms with E-state index in [-0.39, 0.29) is 12.5 Å². The molecule has 196 valence electrons. The summed E-state index contributed by atoms with van der Waals surface area (Å²) in [6, 6.07) is 8.85. The highest BCUT2D eigenvalue weighted by molar-refractivity contribution is 5.78. The number of aromatic nitrogens is 7. The zero-order valence-corrected chi connectivity index (χ0v) is 21.8. The largest absolute Gasteiger partial charge is 0.355 e. The Bertz CT molecular complexity index is 1400. The van der Waals surface area contributed by atoms with Gasteiger partial charge in [0.1, 0.15) is 12.2 Å². The molecule has 0 saturated heterocycles. The maximum atomic E-state index is 13.1. The van der Waals surface area contributed by atoms with Gasteiger partial charge in [0, 0.05) is 61.8 Å². The van der Waals surface area contributed by atoms with Crippen LogP contribution in [0, 0.1) is 0 Å². The Hall–Kier alpha value is -4.28. The minimum atomic E-state index is 0.00662. The van der Waals surface area contributed by atoms with Gasteiger partial charge >= 0.3 is 0 Å². The van der Waals surface area contributed by atoms with Crippen LogP contribution in [0.2, 0.25) is 0 Å². The Kier molecular flexibility index (Phi) is 6.48. The minimum absolute atomic E-state index is 0.00662. The van der Waals surface area contributed by atoms with E-state index in [2.05, 4.69) is 73.7 Å². The standard InChI is InChI=1S/C27H32N10O/c1-3-35(4-2)26-22(15-37(33-26)17-25(38)36-10-9-23-24(16-36)32-34-31-23)20-13-28-27(29-14-20)30-21-11-18-7-5-6-8-19(18)12-21/h5-8,13-15,21H,3-4,9-12,16-17H2,1-2H3,(H,28,29,30)(H,31,32,34). The number of carbonyl (C=O) groups excluding carboxylic acids is 1. The summed E-state index contributed by atoms with van der Waals surface area (Å²) < 4.78 is 1.73. The lowest BCUT2D eigenvalue weighted by molar-refractivity contribution is -0.133. The van der Waals surface area contributed by atoms with Gasteiger partial charge in [-0.05, 0) is 37.8 Å². The first-order valence-corrected chi connectivity index (χ1v) is 13.3. The molecule has 0 unspecified atom stereocenters. The molecular weight excluding hydrogens is 480 g/mol. The first kappa shape index (κ1) is 24.1. The molecule has 0 radical (unpaired) electrons. The molecule has 0 bridgehead atoms. The van der Waals surface area contributed by atoms with Crippen molar-refractivity contribution in [2.75, 3.05) is 29.9 Å². The molecule has 1 aliphatic heterocycles. The summed E-state index contributed by atoms with van der Waals surface area (Å²) in [5.41, 5.74) is 6.41. The van der Waals surface area contributed by atoms with E-state index in [1.165, 1.54) is 11.1 Å². The number of fused-ring (bicyclic) bond motifs is 2. The molecule has 1 aromatic carbocycles. The van der Waals surface area contributed by atoms with Crippen molar-refractivity contribution in [3.8, 4) is 11.1 Å². The van der Waals surface area contributed by atoms with Crippen LogP contribution in [0.3, 0.4) is 0 Å². The topological polar surface area (TPSA) is 121 Å². The van der Waals surface area contributed by atoms with Crippen LogP contribution >= 0.6 is 0 Å². The van der Waals surface area contributed by atoms with Crippen LogP contribution in [0.15, 0.2) is 42.9 Å². The second-order valence-electron chi connectivity index (χ2n) is 9.85. The molecule has 0 fully saturated rings. The van der Waals surface area contributed by atoms with Gasteiger partial charge < -0.3 is 15.1 Å². The van der Waals surface area contributed by atoms with Gasteiger partial charge in [-0.2, -0.15) is 5.10 Å². The van der Waals surface area contributed by atoms with E-state index >= 15 is 0 Å². The monoisotopic (exact) mass is 512 g/mol. The lowest BCUT2D eigenvalue weighted by atomic mass is 10.1. The number of aromatic amines is 1. The normalized spacial score (nSPS) is 14.8. The van der Waals surface area contributed by atoms with Crippen molar-refractivity contribution in [1.82, 2.24) is 40.1 Å². The van der Waals surface area contributed by atoms with Gasteiger partial charge in [0.25, 0.3) is 0 Å². The third-order valence-corrected chi connectivity index (χ3v) is 7.48. The lowest BCUT2D eigenvalue weighted by Crippen LogP contribution is -2.38. The molecule has 2 N–H and O–H groups in total. The van der Waals surface area contributed by atoms with Crippen molar-refractivity contribution in [2.45, 2.75) is 52.2 Å². The number of hydrogen-bond acceptors (Lipinski definition) is 8. The second-order valence-corrected chi connectivity index (χ2v) is 9.85. The van der Waals surface area contributed by atoms with Crippen LogP contribution in [-0.2, 0) is 37.1 Å². The van der Waals surface area contributed by atoms with Gasteiger partial charge in [-0.3, -0.25) is 14.6 Å². The fourth-order valence-electron chi connectivity index (χ4n) is 5.39. The Morgan fingerprint density at radius 3 is 2.58 bits per heavy atom. The van der Waals surface area contributed by atoms with Gasteiger partial charge in [0.05, 0.1) is 12.2 Å². The molecule has 11 heteroatoms. The molecule has 0 saturated carbocycles. The first-order chi connectivity index (χ1) is 18.6. The zero-order chi connectivity index (χ0) is 26.1. The summed E-state index contributed by atoms with van der Waals surface area (Å²) in [6.07, 6.45) is 8.28.